The molecule has 0 saturated heterocycles. The number of rotatable bonds is 5. The van der Waals surface area contributed by atoms with Crippen molar-refractivity contribution in [2.75, 3.05) is 7.11 Å². The van der Waals surface area contributed by atoms with E-state index in [9.17, 15) is 9.59 Å². The SMILES string of the molecule is COc1ccc(CNC(=O)Cn2ccccc2=O)cc1. The van der Waals surface area contributed by atoms with Gasteiger partial charge in [0.2, 0.25) is 5.91 Å². The van der Waals surface area contributed by atoms with E-state index in [0.717, 1.165) is 11.3 Å². The molecular weight excluding hydrogens is 256 g/mol. The summed E-state index contributed by atoms with van der Waals surface area (Å²) in [7, 11) is 1.61. The molecule has 20 heavy (non-hydrogen) atoms. The number of methoxy groups -OCH3 is 1. The molecule has 5 heteroatoms. The lowest BCUT2D eigenvalue weighted by atomic mass is 10.2. The van der Waals surface area contributed by atoms with Crippen molar-refractivity contribution in [1.29, 1.82) is 0 Å². The summed E-state index contributed by atoms with van der Waals surface area (Å²) in [6.07, 6.45) is 1.59. The Hall–Kier alpha value is -2.56. The van der Waals surface area contributed by atoms with Crippen LogP contribution in [0.2, 0.25) is 0 Å². The van der Waals surface area contributed by atoms with Gasteiger partial charge in [0.25, 0.3) is 5.56 Å². The van der Waals surface area contributed by atoms with E-state index in [1.165, 1.54) is 10.6 Å². The van der Waals surface area contributed by atoms with Crippen molar-refractivity contribution >= 4 is 5.91 Å². The van der Waals surface area contributed by atoms with Gasteiger partial charge in [0.15, 0.2) is 0 Å². The molecule has 0 atom stereocenters. The zero-order valence-corrected chi connectivity index (χ0v) is 11.2. The van der Waals surface area contributed by atoms with Crippen LogP contribution in [0.5, 0.6) is 5.75 Å². The molecule has 1 heterocycles. The Bertz CT molecular complexity index is 632. The smallest absolute Gasteiger partial charge is 0.250 e. The van der Waals surface area contributed by atoms with Crippen molar-refractivity contribution in [3.63, 3.8) is 0 Å². The fourth-order valence-electron chi connectivity index (χ4n) is 1.75. The Morgan fingerprint density at radius 1 is 1.20 bits per heavy atom. The molecule has 1 aromatic heterocycles. The van der Waals surface area contributed by atoms with Gasteiger partial charge >= 0.3 is 0 Å². The number of carbonyl (C=O) groups is 1. The van der Waals surface area contributed by atoms with Gasteiger partial charge in [0, 0.05) is 18.8 Å². The third-order valence-electron chi connectivity index (χ3n) is 2.86. The Morgan fingerprint density at radius 2 is 1.95 bits per heavy atom. The van der Waals surface area contributed by atoms with E-state index < -0.39 is 0 Å². The summed E-state index contributed by atoms with van der Waals surface area (Å²) in [6.45, 7) is 0.445. The first-order valence-corrected chi connectivity index (χ1v) is 6.24. The second-order valence-electron chi connectivity index (χ2n) is 4.29. The van der Waals surface area contributed by atoms with Crippen molar-refractivity contribution in [2.24, 2.45) is 0 Å². The number of amides is 1. The average Bonchev–Trinajstić information content (AvgIpc) is 2.48. The van der Waals surface area contributed by atoms with E-state index in [1.54, 1.807) is 25.4 Å². The van der Waals surface area contributed by atoms with E-state index >= 15 is 0 Å². The lowest BCUT2D eigenvalue weighted by Gasteiger charge is -2.07. The highest BCUT2D eigenvalue weighted by atomic mass is 16.5. The Balaban J connectivity index is 1.89. The van der Waals surface area contributed by atoms with Crippen LogP contribution in [0.4, 0.5) is 0 Å². The molecule has 2 aromatic rings. The summed E-state index contributed by atoms with van der Waals surface area (Å²) in [5.74, 6) is 0.574. The minimum atomic E-state index is -0.200. The number of carbonyl (C=O) groups excluding carboxylic acids is 1. The summed E-state index contributed by atoms with van der Waals surface area (Å²) in [5, 5.41) is 2.77. The van der Waals surface area contributed by atoms with Gasteiger partial charge < -0.3 is 14.6 Å². The zero-order valence-electron chi connectivity index (χ0n) is 11.2. The van der Waals surface area contributed by atoms with Crippen LogP contribution in [0.3, 0.4) is 0 Å². The molecule has 0 bridgehead atoms. The molecule has 1 aromatic carbocycles. The number of aromatic nitrogens is 1. The van der Waals surface area contributed by atoms with Gasteiger partial charge in [-0.1, -0.05) is 18.2 Å². The quantitative estimate of drug-likeness (QED) is 0.889. The van der Waals surface area contributed by atoms with Crippen molar-refractivity contribution in [1.82, 2.24) is 9.88 Å². The van der Waals surface area contributed by atoms with E-state index in [-0.39, 0.29) is 18.0 Å². The van der Waals surface area contributed by atoms with E-state index in [1.807, 2.05) is 24.3 Å². The summed E-state index contributed by atoms with van der Waals surface area (Å²) >= 11 is 0. The van der Waals surface area contributed by atoms with Crippen LogP contribution in [-0.4, -0.2) is 17.6 Å². The van der Waals surface area contributed by atoms with Crippen LogP contribution in [-0.2, 0) is 17.9 Å². The first-order valence-electron chi connectivity index (χ1n) is 6.24. The van der Waals surface area contributed by atoms with E-state index in [2.05, 4.69) is 5.32 Å². The largest absolute Gasteiger partial charge is 0.497 e. The summed E-state index contributed by atoms with van der Waals surface area (Å²) in [6, 6.07) is 12.2. The van der Waals surface area contributed by atoms with Crippen LogP contribution in [0.1, 0.15) is 5.56 Å². The maximum absolute atomic E-state index is 11.8. The maximum atomic E-state index is 11.8. The van der Waals surface area contributed by atoms with Gasteiger partial charge in [0.05, 0.1) is 7.11 Å². The number of nitrogens with one attached hydrogen (secondary N) is 1. The minimum Gasteiger partial charge on any atom is -0.497 e. The van der Waals surface area contributed by atoms with Crippen LogP contribution in [0.15, 0.2) is 53.5 Å². The fourth-order valence-corrected chi connectivity index (χ4v) is 1.75. The molecule has 1 N–H and O–H groups in total. The van der Waals surface area contributed by atoms with Crippen LogP contribution >= 0.6 is 0 Å². The number of ether oxygens (including phenoxy) is 1. The third kappa shape index (κ3) is 3.71. The number of benzene rings is 1. The summed E-state index contributed by atoms with van der Waals surface area (Å²) < 4.78 is 6.43. The number of hydrogen-bond donors (Lipinski definition) is 1. The van der Waals surface area contributed by atoms with Gasteiger partial charge in [0.1, 0.15) is 12.3 Å². The number of hydrogen-bond acceptors (Lipinski definition) is 3. The molecule has 0 unspecified atom stereocenters. The van der Waals surface area contributed by atoms with Gasteiger partial charge in [-0.05, 0) is 23.8 Å². The summed E-state index contributed by atoms with van der Waals surface area (Å²) in [5.41, 5.74) is 0.784. The third-order valence-corrected chi connectivity index (χ3v) is 2.86. The van der Waals surface area contributed by atoms with Crippen LogP contribution in [0.25, 0.3) is 0 Å². The van der Waals surface area contributed by atoms with Gasteiger partial charge in [-0.15, -0.1) is 0 Å². The second kappa shape index (κ2) is 6.56. The molecule has 5 nitrogen and oxygen atoms in total. The predicted molar refractivity (Wildman–Crippen MR) is 75.5 cm³/mol. The van der Waals surface area contributed by atoms with Crippen molar-refractivity contribution in [3.05, 3.63) is 64.6 Å². The Kier molecular flexibility index (Phi) is 4.55. The molecule has 2 rings (SSSR count). The topological polar surface area (TPSA) is 60.3 Å². The highest BCUT2D eigenvalue weighted by Crippen LogP contribution is 2.10. The molecule has 104 valence electrons. The molecule has 0 aliphatic heterocycles. The van der Waals surface area contributed by atoms with Crippen LogP contribution in [0, 0.1) is 0 Å². The first-order chi connectivity index (χ1) is 9.69. The standard InChI is InChI=1S/C15H16N2O3/c1-20-13-7-5-12(6-8-13)10-16-14(18)11-17-9-3-2-4-15(17)19/h2-9H,10-11H2,1H3,(H,16,18). The lowest BCUT2D eigenvalue weighted by Crippen LogP contribution is -2.31. The molecular formula is C15H16N2O3. The highest BCUT2D eigenvalue weighted by Gasteiger charge is 2.03. The monoisotopic (exact) mass is 272 g/mol. The second-order valence-corrected chi connectivity index (χ2v) is 4.29. The predicted octanol–water partition coefficient (Wildman–Crippen LogP) is 1.17. The molecule has 0 saturated carbocycles. The van der Waals surface area contributed by atoms with Crippen molar-refractivity contribution in [2.45, 2.75) is 13.1 Å². The molecule has 0 fully saturated rings. The Labute approximate surface area is 116 Å². The van der Waals surface area contributed by atoms with Crippen LogP contribution < -0.4 is 15.6 Å². The number of pyridine rings is 1. The number of nitrogens with zero attached hydrogens (tertiary/aromatic N) is 1. The average molecular weight is 272 g/mol. The Morgan fingerprint density at radius 3 is 2.60 bits per heavy atom. The molecule has 0 spiro atoms. The molecule has 0 radical (unpaired) electrons. The van der Waals surface area contributed by atoms with Gasteiger partial charge in [-0.2, -0.15) is 0 Å². The highest BCUT2D eigenvalue weighted by molar-refractivity contribution is 5.75. The van der Waals surface area contributed by atoms with Crippen molar-refractivity contribution < 1.29 is 9.53 Å². The fraction of sp³-hybridized carbons (Fsp3) is 0.200. The molecule has 0 aliphatic carbocycles. The van der Waals surface area contributed by atoms with Gasteiger partial charge in [-0.3, -0.25) is 9.59 Å². The van der Waals surface area contributed by atoms with Crippen molar-refractivity contribution in [3.8, 4) is 5.75 Å². The van der Waals surface area contributed by atoms with Gasteiger partial charge in [-0.25, -0.2) is 0 Å². The maximum Gasteiger partial charge on any atom is 0.250 e. The normalized spacial score (nSPS) is 10.1. The zero-order chi connectivity index (χ0) is 14.4. The van der Waals surface area contributed by atoms with E-state index in [0.29, 0.717) is 6.54 Å². The molecule has 1 amide bonds. The molecule has 0 aliphatic rings. The van der Waals surface area contributed by atoms with E-state index in [4.69, 9.17) is 4.74 Å². The summed E-state index contributed by atoms with van der Waals surface area (Å²) in [4.78, 5) is 23.2. The lowest BCUT2D eigenvalue weighted by molar-refractivity contribution is -0.121. The minimum absolute atomic E-state index is 0.0236. The first kappa shape index (κ1) is 13.9.